The summed E-state index contributed by atoms with van der Waals surface area (Å²) in [5.74, 6) is 0.239. The fourth-order valence-corrected chi connectivity index (χ4v) is 2.23. The maximum atomic E-state index is 11.8. The number of amides is 3. The number of carbonyl (C=O) groups is 2. The van der Waals surface area contributed by atoms with Gasteiger partial charge in [-0.2, -0.15) is 0 Å². The Balaban J connectivity index is 2.25. The van der Waals surface area contributed by atoms with Crippen LogP contribution >= 0.6 is 0 Å². The molecule has 0 aromatic heterocycles. The summed E-state index contributed by atoms with van der Waals surface area (Å²) in [7, 11) is 0. The van der Waals surface area contributed by atoms with Gasteiger partial charge in [0.1, 0.15) is 0 Å². The van der Waals surface area contributed by atoms with Crippen molar-refractivity contribution in [3.8, 4) is 0 Å². The fraction of sp³-hybridized carbons (Fsp3) is 0.867. The minimum Gasteiger partial charge on any atom is -0.343 e. The molecule has 2 N–H and O–H groups in total. The Bertz CT molecular complexity index is 329. The van der Waals surface area contributed by atoms with E-state index < -0.39 is 0 Å². The van der Waals surface area contributed by atoms with Gasteiger partial charge in [0.15, 0.2) is 0 Å². The summed E-state index contributed by atoms with van der Waals surface area (Å²) in [6, 6.07) is 0.0823. The molecule has 0 spiro atoms. The Morgan fingerprint density at radius 3 is 2.30 bits per heavy atom. The summed E-state index contributed by atoms with van der Waals surface area (Å²) in [5.41, 5.74) is 0.0906. The predicted octanol–water partition coefficient (Wildman–Crippen LogP) is 2.12. The molecular formula is C15H29N3O2. The van der Waals surface area contributed by atoms with Gasteiger partial charge < -0.3 is 15.5 Å². The van der Waals surface area contributed by atoms with E-state index >= 15 is 0 Å². The zero-order chi connectivity index (χ0) is 15.2. The fourth-order valence-electron chi connectivity index (χ4n) is 2.23. The van der Waals surface area contributed by atoms with Crippen LogP contribution in [0.3, 0.4) is 0 Å². The number of nitrogens with one attached hydrogen (secondary N) is 2. The van der Waals surface area contributed by atoms with E-state index in [0.29, 0.717) is 13.0 Å². The van der Waals surface area contributed by atoms with Crippen molar-refractivity contribution in [2.45, 2.75) is 59.4 Å². The lowest BCUT2D eigenvalue weighted by Crippen LogP contribution is -2.50. The number of urea groups is 1. The normalized spacial score (nSPS) is 16.9. The van der Waals surface area contributed by atoms with Crippen LogP contribution in [-0.2, 0) is 4.79 Å². The van der Waals surface area contributed by atoms with Gasteiger partial charge in [0.2, 0.25) is 5.91 Å². The minimum atomic E-state index is -0.0988. The van der Waals surface area contributed by atoms with E-state index in [1.165, 1.54) is 0 Å². The first-order valence-electron chi connectivity index (χ1n) is 7.64. The lowest BCUT2D eigenvalue weighted by Gasteiger charge is -2.32. The summed E-state index contributed by atoms with van der Waals surface area (Å²) in [6.45, 7) is 10.5. The van der Waals surface area contributed by atoms with Gasteiger partial charge in [0.25, 0.3) is 0 Å². The quantitative estimate of drug-likeness (QED) is 0.830. The van der Waals surface area contributed by atoms with E-state index in [4.69, 9.17) is 0 Å². The number of nitrogens with zero attached hydrogens (tertiary/aromatic N) is 1. The molecule has 116 valence electrons. The number of likely N-dealkylation sites (tertiary alicyclic amines) is 1. The number of piperidine rings is 1. The van der Waals surface area contributed by atoms with Gasteiger partial charge in [-0.15, -0.1) is 0 Å². The van der Waals surface area contributed by atoms with Crippen molar-refractivity contribution in [2.75, 3.05) is 19.6 Å². The summed E-state index contributed by atoms with van der Waals surface area (Å²) < 4.78 is 0. The molecule has 1 rings (SSSR count). The maximum absolute atomic E-state index is 11.8. The van der Waals surface area contributed by atoms with Crippen LogP contribution in [0.25, 0.3) is 0 Å². The summed E-state index contributed by atoms with van der Waals surface area (Å²) in [6.07, 6.45) is 3.22. The van der Waals surface area contributed by atoms with Gasteiger partial charge in [0.05, 0.1) is 0 Å². The second kappa shape index (κ2) is 7.50. The lowest BCUT2D eigenvalue weighted by atomic mass is 9.97. The zero-order valence-electron chi connectivity index (χ0n) is 13.3. The molecule has 5 nitrogen and oxygen atoms in total. The third-order valence-corrected chi connectivity index (χ3v) is 3.43. The zero-order valence-corrected chi connectivity index (χ0v) is 13.3. The first-order valence-corrected chi connectivity index (χ1v) is 7.64. The standard InChI is InChI=1S/C15H29N3O2/c1-5-6-13(19)18-9-7-12(8-10-18)17-14(20)16-11-15(2,3)4/h12H,5-11H2,1-4H3,(H2,16,17,20). The largest absolute Gasteiger partial charge is 0.343 e. The van der Waals surface area contributed by atoms with E-state index in [1.807, 2.05) is 11.8 Å². The highest BCUT2D eigenvalue weighted by Crippen LogP contribution is 2.13. The second-order valence-electron chi connectivity index (χ2n) is 6.79. The minimum absolute atomic E-state index is 0.0906. The molecule has 0 bridgehead atoms. The molecule has 0 aromatic carbocycles. The number of hydrogen-bond acceptors (Lipinski definition) is 2. The highest BCUT2D eigenvalue weighted by molar-refractivity contribution is 5.76. The number of rotatable bonds is 4. The molecule has 0 saturated carbocycles. The molecule has 3 amide bonds. The predicted molar refractivity (Wildman–Crippen MR) is 80.5 cm³/mol. The van der Waals surface area contributed by atoms with Gasteiger partial charge in [-0.3, -0.25) is 4.79 Å². The van der Waals surface area contributed by atoms with E-state index in [9.17, 15) is 9.59 Å². The molecule has 1 heterocycles. The van der Waals surface area contributed by atoms with Crippen molar-refractivity contribution in [1.82, 2.24) is 15.5 Å². The smallest absolute Gasteiger partial charge is 0.315 e. The first kappa shape index (κ1) is 16.8. The number of hydrogen-bond donors (Lipinski definition) is 2. The van der Waals surface area contributed by atoms with Crippen molar-refractivity contribution in [1.29, 1.82) is 0 Å². The van der Waals surface area contributed by atoms with E-state index in [0.717, 1.165) is 32.4 Å². The average molecular weight is 283 g/mol. The Kier molecular flexibility index (Phi) is 6.30. The van der Waals surface area contributed by atoms with Crippen LogP contribution < -0.4 is 10.6 Å². The summed E-state index contributed by atoms with van der Waals surface area (Å²) >= 11 is 0. The van der Waals surface area contributed by atoms with Crippen LogP contribution in [0, 0.1) is 5.41 Å². The second-order valence-corrected chi connectivity index (χ2v) is 6.79. The first-order chi connectivity index (χ1) is 9.31. The Hall–Kier alpha value is -1.26. The molecule has 0 aliphatic carbocycles. The third kappa shape index (κ3) is 6.26. The van der Waals surface area contributed by atoms with E-state index in [2.05, 4.69) is 31.4 Å². The highest BCUT2D eigenvalue weighted by atomic mass is 16.2. The van der Waals surface area contributed by atoms with Crippen molar-refractivity contribution >= 4 is 11.9 Å². The van der Waals surface area contributed by atoms with E-state index in [1.54, 1.807) is 0 Å². The van der Waals surface area contributed by atoms with Crippen LogP contribution in [0.2, 0.25) is 0 Å². The molecule has 0 radical (unpaired) electrons. The number of carbonyl (C=O) groups excluding carboxylic acids is 2. The monoisotopic (exact) mass is 283 g/mol. The third-order valence-electron chi connectivity index (χ3n) is 3.43. The molecular weight excluding hydrogens is 254 g/mol. The molecule has 5 heteroatoms. The van der Waals surface area contributed by atoms with Gasteiger partial charge >= 0.3 is 6.03 Å². The average Bonchev–Trinajstić information content (AvgIpc) is 2.37. The van der Waals surface area contributed by atoms with Gasteiger partial charge in [-0.25, -0.2) is 4.79 Å². The van der Waals surface area contributed by atoms with Crippen LogP contribution in [0.1, 0.15) is 53.4 Å². The van der Waals surface area contributed by atoms with Crippen LogP contribution in [0.5, 0.6) is 0 Å². The van der Waals surface area contributed by atoms with Crippen molar-refractivity contribution in [2.24, 2.45) is 5.41 Å². The van der Waals surface area contributed by atoms with E-state index in [-0.39, 0.29) is 23.4 Å². The van der Waals surface area contributed by atoms with Crippen molar-refractivity contribution in [3.63, 3.8) is 0 Å². The van der Waals surface area contributed by atoms with Crippen LogP contribution in [0.15, 0.2) is 0 Å². The molecule has 0 aromatic rings. The molecule has 0 unspecified atom stereocenters. The van der Waals surface area contributed by atoms with Crippen LogP contribution in [-0.4, -0.2) is 42.5 Å². The topological polar surface area (TPSA) is 61.4 Å². The Morgan fingerprint density at radius 2 is 1.80 bits per heavy atom. The molecule has 1 aliphatic heterocycles. The van der Waals surface area contributed by atoms with Gasteiger partial charge in [-0.05, 0) is 24.7 Å². The highest BCUT2D eigenvalue weighted by Gasteiger charge is 2.23. The Morgan fingerprint density at radius 1 is 1.20 bits per heavy atom. The summed E-state index contributed by atoms with van der Waals surface area (Å²) in [5, 5.41) is 5.89. The lowest BCUT2D eigenvalue weighted by molar-refractivity contribution is -0.132. The molecule has 1 fully saturated rings. The Labute approximate surface area is 122 Å². The molecule has 0 atom stereocenters. The molecule has 1 aliphatic rings. The van der Waals surface area contributed by atoms with Gasteiger partial charge in [-0.1, -0.05) is 27.7 Å². The molecule has 1 saturated heterocycles. The van der Waals surface area contributed by atoms with Gasteiger partial charge in [0, 0.05) is 32.1 Å². The SMILES string of the molecule is CCCC(=O)N1CCC(NC(=O)NCC(C)(C)C)CC1. The van der Waals surface area contributed by atoms with Crippen LogP contribution in [0.4, 0.5) is 4.79 Å². The van der Waals surface area contributed by atoms with Crippen molar-refractivity contribution < 1.29 is 9.59 Å². The maximum Gasteiger partial charge on any atom is 0.315 e. The van der Waals surface area contributed by atoms with Crippen molar-refractivity contribution in [3.05, 3.63) is 0 Å². The molecule has 20 heavy (non-hydrogen) atoms. The summed E-state index contributed by atoms with van der Waals surface area (Å²) in [4.78, 5) is 25.5.